The molecule has 3 nitrogen and oxygen atoms in total. The van der Waals surface area contributed by atoms with Gasteiger partial charge in [0.1, 0.15) is 4.99 Å². The molecule has 2 rings (SSSR count). The summed E-state index contributed by atoms with van der Waals surface area (Å²) in [7, 11) is 0. The first-order valence-corrected chi connectivity index (χ1v) is 7.74. The monoisotopic (exact) mass is 292 g/mol. The van der Waals surface area contributed by atoms with Crippen molar-refractivity contribution >= 4 is 17.2 Å². The van der Waals surface area contributed by atoms with Crippen LogP contribution in [0.4, 0.5) is 0 Å². The molecule has 0 radical (unpaired) electrons. The van der Waals surface area contributed by atoms with Crippen molar-refractivity contribution in [2.24, 2.45) is 5.73 Å². The molecule has 4 heteroatoms. The van der Waals surface area contributed by atoms with Crippen molar-refractivity contribution in [3.8, 4) is 0 Å². The zero-order valence-electron chi connectivity index (χ0n) is 12.4. The van der Waals surface area contributed by atoms with Gasteiger partial charge in [0.25, 0.3) is 0 Å². The predicted octanol–water partition coefficient (Wildman–Crippen LogP) is 2.63. The van der Waals surface area contributed by atoms with E-state index in [1.165, 1.54) is 11.1 Å². The van der Waals surface area contributed by atoms with Crippen LogP contribution in [0.1, 0.15) is 36.5 Å². The van der Waals surface area contributed by atoms with E-state index in [1.807, 2.05) is 6.07 Å². The maximum atomic E-state index is 5.69. The Labute approximate surface area is 127 Å². The summed E-state index contributed by atoms with van der Waals surface area (Å²) in [5, 5.41) is 0. The summed E-state index contributed by atoms with van der Waals surface area (Å²) in [4.78, 5) is 2.97. The fourth-order valence-electron chi connectivity index (χ4n) is 2.74. The molecule has 1 fully saturated rings. The fraction of sp³-hybridized carbons (Fsp3) is 0.562. The normalized spacial score (nSPS) is 17.3. The second kappa shape index (κ2) is 7.16. The number of rotatable bonds is 5. The van der Waals surface area contributed by atoms with Crippen LogP contribution in [0.2, 0.25) is 0 Å². The van der Waals surface area contributed by atoms with E-state index in [0.717, 1.165) is 44.6 Å². The fourth-order valence-corrected chi connectivity index (χ4v) is 2.86. The number of thiocarbonyl (C=S) groups is 1. The van der Waals surface area contributed by atoms with Crippen LogP contribution < -0.4 is 5.73 Å². The van der Waals surface area contributed by atoms with E-state index in [1.54, 1.807) is 0 Å². The summed E-state index contributed by atoms with van der Waals surface area (Å²) in [6.45, 7) is 8.25. The Morgan fingerprint density at radius 2 is 2.10 bits per heavy atom. The minimum Gasteiger partial charge on any atom is -0.389 e. The van der Waals surface area contributed by atoms with E-state index in [9.17, 15) is 0 Å². The molecule has 0 saturated carbocycles. The third kappa shape index (κ3) is 4.01. The van der Waals surface area contributed by atoms with Gasteiger partial charge in [0.2, 0.25) is 0 Å². The lowest BCUT2D eigenvalue weighted by molar-refractivity contribution is 0.0125. The first-order chi connectivity index (χ1) is 9.60. The molecule has 1 aliphatic heterocycles. The van der Waals surface area contributed by atoms with E-state index in [0.29, 0.717) is 11.1 Å². The van der Waals surface area contributed by atoms with Gasteiger partial charge in [-0.15, -0.1) is 0 Å². The molecule has 1 heterocycles. The Morgan fingerprint density at radius 3 is 2.65 bits per heavy atom. The lowest BCUT2D eigenvalue weighted by Crippen LogP contribution is -2.36. The van der Waals surface area contributed by atoms with Crippen molar-refractivity contribution in [2.75, 3.05) is 19.7 Å². The van der Waals surface area contributed by atoms with E-state index < -0.39 is 0 Å². The molecular weight excluding hydrogens is 268 g/mol. The highest BCUT2D eigenvalue weighted by atomic mass is 32.1. The number of hydrogen-bond donors (Lipinski definition) is 1. The molecule has 1 aromatic carbocycles. The van der Waals surface area contributed by atoms with Crippen LogP contribution in [0, 0.1) is 6.92 Å². The van der Waals surface area contributed by atoms with Crippen molar-refractivity contribution in [2.45, 2.75) is 39.3 Å². The summed E-state index contributed by atoms with van der Waals surface area (Å²) in [6.07, 6.45) is 2.73. The Balaban J connectivity index is 1.93. The maximum Gasteiger partial charge on any atom is 0.103 e. The molecule has 0 amide bonds. The number of hydrogen-bond acceptors (Lipinski definition) is 3. The van der Waals surface area contributed by atoms with Gasteiger partial charge in [-0.3, -0.25) is 4.90 Å². The van der Waals surface area contributed by atoms with Gasteiger partial charge < -0.3 is 10.5 Å². The van der Waals surface area contributed by atoms with Gasteiger partial charge in [-0.05, 0) is 43.9 Å². The zero-order chi connectivity index (χ0) is 14.5. The molecule has 0 aromatic heterocycles. The van der Waals surface area contributed by atoms with Crippen LogP contribution in [0.5, 0.6) is 0 Å². The molecular formula is C16H24N2OS. The second-order valence-electron chi connectivity index (χ2n) is 5.44. The third-order valence-electron chi connectivity index (χ3n) is 3.96. The van der Waals surface area contributed by atoms with Gasteiger partial charge in [-0.2, -0.15) is 0 Å². The van der Waals surface area contributed by atoms with Crippen molar-refractivity contribution in [3.05, 3.63) is 34.9 Å². The van der Waals surface area contributed by atoms with Crippen LogP contribution in [-0.2, 0) is 11.3 Å². The standard InChI is InChI=1S/C16H24N2OS/c1-3-19-15-6-8-18(9-7-15)11-14-5-4-13(16(17)20)10-12(14)2/h4-5,10,15H,3,6-9,11H2,1-2H3,(H2,17,20). The van der Waals surface area contributed by atoms with Crippen LogP contribution in [-0.4, -0.2) is 35.7 Å². The highest BCUT2D eigenvalue weighted by molar-refractivity contribution is 7.80. The van der Waals surface area contributed by atoms with Crippen LogP contribution in [0.3, 0.4) is 0 Å². The average Bonchev–Trinajstić information content (AvgIpc) is 2.43. The highest BCUT2D eigenvalue weighted by Gasteiger charge is 2.19. The molecule has 1 saturated heterocycles. The lowest BCUT2D eigenvalue weighted by atomic mass is 10.0. The van der Waals surface area contributed by atoms with E-state index >= 15 is 0 Å². The first-order valence-electron chi connectivity index (χ1n) is 7.33. The summed E-state index contributed by atoms with van der Waals surface area (Å²) in [6, 6.07) is 6.26. The van der Waals surface area contributed by atoms with Gasteiger partial charge in [0.15, 0.2) is 0 Å². The average molecular weight is 292 g/mol. The molecule has 2 N–H and O–H groups in total. The van der Waals surface area contributed by atoms with Crippen molar-refractivity contribution < 1.29 is 4.74 Å². The minimum atomic E-state index is 0.453. The number of benzene rings is 1. The van der Waals surface area contributed by atoms with Crippen LogP contribution in [0.25, 0.3) is 0 Å². The molecule has 0 spiro atoms. The number of ether oxygens (including phenoxy) is 1. The largest absolute Gasteiger partial charge is 0.389 e. The molecule has 0 aliphatic carbocycles. The van der Waals surface area contributed by atoms with Gasteiger partial charge in [-0.25, -0.2) is 0 Å². The number of nitrogens with zero attached hydrogens (tertiary/aromatic N) is 1. The molecule has 20 heavy (non-hydrogen) atoms. The van der Waals surface area contributed by atoms with Crippen molar-refractivity contribution in [1.82, 2.24) is 4.90 Å². The van der Waals surface area contributed by atoms with Gasteiger partial charge in [0, 0.05) is 31.8 Å². The SMILES string of the molecule is CCOC1CCN(Cc2ccc(C(N)=S)cc2C)CC1. The Kier molecular flexibility index (Phi) is 5.52. The minimum absolute atomic E-state index is 0.453. The van der Waals surface area contributed by atoms with Crippen molar-refractivity contribution in [1.29, 1.82) is 0 Å². The topological polar surface area (TPSA) is 38.5 Å². The molecule has 0 bridgehead atoms. The maximum absolute atomic E-state index is 5.69. The molecule has 1 aromatic rings. The second-order valence-corrected chi connectivity index (χ2v) is 5.88. The number of likely N-dealkylation sites (tertiary alicyclic amines) is 1. The van der Waals surface area contributed by atoms with Crippen LogP contribution >= 0.6 is 12.2 Å². The van der Waals surface area contributed by atoms with Gasteiger partial charge in [-0.1, -0.05) is 24.4 Å². The van der Waals surface area contributed by atoms with Crippen LogP contribution in [0.15, 0.2) is 18.2 Å². The van der Waals surface area contributed by atoms with Gasteiger partial charge in [0.05, 0.1) is 6.10 Å². The van der Waals surface area contributed by atoms with Gasteiger partial charge >= 0.3 is 0 Å². The molecule has 0 unspecified atom stereocenters. The molecule has 110 valence electrons. The molecule has 1 aliphatic rings. The smallest absolute Gasteiger partial charge is 0.103 e. The van der Waals surface area contributed by atoms with E-state index in [-0.39, 0.29) is 0 Å². The summed E-state index contributed by atoms with van der Waals surface area (Å²) in [5.74, 6) is 0. The Bertz CT molecular complexity index is 468. The zero-order valence-corrected chi connectivity index (χ0v) is 13.2. The lowest BCUT2D eigenvalue weighted by Gasteiger charge is -2.32. The summed E-state index contributed by atoms with van der Waals surface area (Å²) >= 11 is 5.02. The number of piperidine rings is 1. The number of nitrogens with two attached hydrogens (primary N) is 1. The van der Waals surface area contributed by atoms with Crippen molar-refractivity contribution in [3.63, 3.8) is 0 Å². The Morgan fingerprint density at radius 1 is 1.40 bits per heavy atom. The summed E-state index contributed by atoms with van der Waals surface area (Å²) in [5.41, 5.74) is 9.25. The predicted molar refractivity (Wildman–Crippen MR) is 87.0 cm³/mol. The Hall–Kier alpha value is -0.970. The number of aryl methyl sites for hydroxylation is 1. The highest BCUT2D eigenvalue weighted by Crippen LogP contribution is 2.18. The molecule has 0 atom stereocenters. The summed E-state index contributed by atoms with van der Waals surface area (Å²) < 4.78 is 5.69. The third-order valence-corrected chi connectivity index (χ3v) is 4.19. The quantitative estimate of drug-likeness (QED) is 0.847. The van der Waals surface area contributed by atoms with E-state index in [4.69, 9.17) is 22.7 Å². The van der Waals surface area contributed by atoms with E-state index in [2.05, 4.69) is 30.9 Å². The first kappa shape index (κ1) is 15.4.